The third-order valence-corrected chi connectivity index (χ3v) is 5.95. The minimum absolute atomic E-state index is 0.0211. The van der Waals surface area contributed by atoms with Crippen LogP contribution in [0.15, 0.2) is 54.6 Å². The van der Waals surface area contributed by atoms with Crippen molar-refractivity contribution >= 4 is 15.7 Å². The summed E-state index contributed by atoms with van der Waals surface area (Å²) in [5, 5.41) is 0. The number of benzene rings is 2. The number of rotatable bonds is 4. The van der Waals surface area contributed by atoms with Gasteiger partial charge >= 0.3 is 0 Å². The summed E-state index contributed by atoms with van der Waals surface area (Å²) < 4.78 is 36.7. The van der Waals surface area contributed by atoms with Crippen LogP contribution in [0.3, 0.4) is 0 Å². The molecule has 0 radical (unpaired) electrons. The lowest BCUT2D eigenvalue weighted by atomic mass is 10.1. The second-order valence-corrected chi connectivity index (χ2v) is 8.21. The van der Waals surface area contributed by atoms with Crippen LogP contribution in [0.5, 0.6) is 0 Å². The second-order valence-electron chi connectivity index (χ2n) is 5.98. The SMILES string of the molecule is O=C(c1ccc(F)cc1)N(Cc1ccccc1)[C@@H]1CCS(=O)(=O)C1. The normalized spacial score (nSPS) is 19.1. The summed E-state index contributed by atoms with van der Waals surface area (Å²) in [6.45, 7) is 0.331. The predicted molar refractivity (Wildman–Crippen MR) is 89.8 cm³/mol. The van der Waals surface area contributed by atoms with Crippen LogP contribution < -0.4 is 0 Å². The molecule has 1 fully saturated rings. The average Bonchev–Trinajstić information content (AvgIpc) is 2.93. The Hall–Kier alpha value is -2.21. The van der Waals surface area contributed by atoms with Gasteiger partial charge in [0.15, 0.2) is 9.84 Å². The molecule has 24 heavy (non-hydrogen) atoms. The summed E-state index contributed by atoms with van der Waals surface area (Å²) in [7, 11) is -3.11. The zero-order chi connectivity index (χ0) is 17.2. The van der Waals surface area contributed by atoms with E-state index in [0.29, 0.717) is 18.5 Å². The lowest BCUT2D eigenvalue weighted by Crippen LogP contribution is -2.40. The third-order valence-electron chi connectivity index (χ3n) is 4.20. The number of hydrogen-bond acceptors (Lipinski definition) is 3. The summed E-state index contributed by atoms with van der Waals surface area (Å²) in [6, 6.07) is 14.4. The average molecular weight is 347 g/mol. The van der Waals surface area contributed by atoms with Gasteiger partial charge in [0.1, 0.15) is 5.82 Å². The van der Waals surface area contributed by atoms with Gasteiger partial charge in [0, 0.05) is 18.2 Å². The van der Waals surface area contributed by atoms with Crippen LogP contribution in [0.1, 0.15) is 22.3 Å². The highest BCUT2D eigenvalue weighted by atomic mass is 32.2. The van der Waals surface area contributed by atoms with Crippen molar-refractivity contribution in [1.82, 2.24) is 4.90 Å². The quantitative estimate of drug-likeness (QED) is 0.854. The van der Waals surface area contributed by atoms with Crippen LogP contribution in [-0.2, 0) is 16.4 Å². The van der Waals surface area contributed by atoms with Gasteiger partial charge in [-0.1, -0.05) is 30.3 Å². The number of amides is 1. The fourth-order valence-electron chi connectivity index (χ4n) is 2.93. The molecule has 126 valence electrons. The first-order valence-corrected chi connectivity index (χ1v) is 9.58. The first-order valence-electron chi connectivity index (χ1n) is 7.75. The summed E-state index contributed by atoms with van der Waals surface area (Å²) in [5.41, 5.74) is 1.29. The highest BCUT2D eigenvalue weighted by Crippen LogP contribution is 2.22. The van der Waals surface area contributed by atoms with Crippen molar-refractivity contribution in [3.8, 4) is 0 Å². The van der Waals surface area contributed by atoms with Gasteiger partial charge < -0.3 is 4.90 Å². The molecule has 1 heterocycles. The van der Waals surface area contributed by atoms with E-state index in [1.54, 1.807) is 4.90 Å². The molecule has 6 heteroatoms. The van der Waals surface area contributed by atoms with Gasteiger partial charge in [-0.05, 0) is 36.2 Å². The number of hydrogen-bond donors (Lipinski definition) is 0. The Morgan fingerprint density at radius 1 is 1.08 bits per heavy atom. The van der Waals surface area contributed by atoms with E-state index >= 15 is 0 Å². The highest BCUT2D eigenvalue weighted by molar-refractivity contribution is 7.91. The Balaban J connectivity index is 1.89. The van der Waals surface area contributed by atoms with Gasteiger partial charge in [0.2, 0.25) is 0 Å². The van der Waals surface area contributed by atoms with E-state index in [1.807, 2.05) is 30.3 Å². The molecule has 0 N–H and O–H groups in total. The minimum Gasteiger partial charge on any atom is -0.330 e. The van der Waals surface area contributed by atoms with Crippen molar-refractivity contribution in [2.75, 3.05) is 11.5 Å². The minimum atomic E-state index is -3.11. The number of halogens is 1. The van der Waals surface area contributed by atoms with E-state index in [4.69, 9.17) is 0 Å². The zero-order valence-electron chi connectivity index (χ0n) is 13.1. The van der Waals surface area contributed by atoms with Crippen molar-refractivity contribution in [3.63, 3.8) is 0 Å². The zero-order valence-corrected chi connectivity index (χ0v) is 13.9. The van der Waals surface area contributed by atoms with Crippen LogP contribution in [0.2, 0.25) is 0 Å². The molecule has 0 spiro atoms. The molecule has 2 aromatic rings. The van der Waals surface area contributed by atoms with Crippen molar-refractivity contribution in [2.24, 2.45) is 0 Å². The van der Waals surface area contributed by atoms with E-state index in [-0.39, 0.29) is 23.5 Å². The van der Waals surface area contributed by atoms with Crippen molar-refractivity contribution in [3.05, 3.63) is 71.5 Å². The van der Waals surface area contributed by atoms with Crippen LogP contribution in [0.4, 0.5) is 4.39 Å². The number of sulfone groups is 1. The summed E-state index contributed by atoms with van der Waals surface area (Å²) in [4.78, 5) is 14.5. The molecule has 0 aliphatic carbocycles. The summed E-state index contributed by atoms with van der Waals surface area (Å²) >= 11 is 0. The predicted octanol–water partition coefficient (Wildman–Crippen LogP) is 2.66. The van der Waals surface area contributed by atoms with Gasteiger partial charge in [0.05, 0.1) is 11.5 Å². The molecular formula is C18H18FNO3S. The Morgan fingerprint density at radius 3 is 2.33 bits per heavy atom. The lowest BCUT2D eigenvalue weighted by molar-refractivity contribution is 0.0681. The summed E-state index contributed by atoms with van der Waals surface area (Å²) in [5.74, 6) is -0.613. The Bertz CT molecular complexity index is 819. The molecule has 1 amide bonds. The molecule has 2 aromatic carbocycles. The number of carbonyl (C=O) groups is 1. The number of carbonyl (C=O) groups excluding carboxylic acids is 1. The lowest BCUT2D eigenvalue weighted by Gasteiger charge is -2.28. The molecule has 1 aliphatic rings. The van der Waals surface area contributed by atoms with Crippen LogP contribution >= 0.6 is 0 Å². The molecule has 0 bridgehead atoms. The number of nitrogens with zero attached hydrogens (tertiary/aromatic N) is 1. The van der Waals surface area contributed by atoms with Gasteiger partial charge in [-0.25, -0.2) is 12.8 Å². The Kier molecular flexibility index (Phi) is 4.66. The van der Waals surface area contributed by atoms with Gasteiger partial charge in [-0.3, -0.25) is 4.79 Å². The standard InChI is InChI=1S/C18H18FNO3S/c19-16-8-6-15(7-9-16)18(21)20(12-14-4-2-1-3-5-14)17-10-11-24(22,23)13-17/h1-9,17H,10-13H2/t17-/m1/s1. The van der Waals surface area contributed by atoms with Gasteiger partial charge in [-0.2, -0.15) is 0 Å². The third kappa shape index (κ3) is 3.82. The van der Waals surface area contributed by atoms with E-state index in [0.717, 1.165) is 5.56 Å². The topological polar surface area (TPSA) is 54.5 Å². The highest BCUT2D eigenvalue weighted by Gasteiger charge is 2.35. The van der Waals surface area contributed by atoms with Gasteiger partial charge in [-0.15, -0.1) is 0 Å². The molecule has 1 atom stereocenters. The van der Waals surface area contributed by atoms with E-state index in [9.17, 15) is 17.6 Å². The maximum absolute atomic E-state index is 13.1. The van der Waals surface area contributed by atoms with Crippen LogP contribution in [0, 0.1) is 5.82 Å². The first-order chi connectivity index (χ1) is 11.4. The van der Waals surface area contributed by atoms with E-state index in [1.165, 1.54) is 24.3 Å². The van der Waals surface area contributed by atoms with Crippen molar-refractivity contribution in [2.45, 2.75) is 19.0 Å². The summed E-state index contributed by atoms with van der Waals surface area (Å²) in [6.07, 6.45) is 0.433. The van der Waals surface area contributed by atoms with Gasteiger partial charge in [0.25, 0.3) is 5.91 Å². The first kappa shape index (κ1) is 16.6. The fraction of sp³-hybridized carbons (Fsp3) is 0.278. The van der Waals surface area contributed by atoms with E-state index < -0.39 is 15.7 Å². The van der Waals surface area contributed by atoms with E-state index in [2.05, 4.69) is 0 Å². The molecule has 0 unspecified atom stereocenters. The van der Waals surface area contributed by atoms with Crippen molar-refractivity contribution in [1.29, 1.82) is 0 Å². The maximum Gasteiger partial charge on any atom is 0.254 e. The monoisotopic (exact) mass is 347 g/mol. The van der Waals surface area contributed by atoms with Crippen LogP contribution in [-0.4, -0.2) is 36.8 Å². The molecule has 1 saturated heterocycles. The molecular weight excluding hydrogens is 329 g/mol. The second kappa shape index (κ2) is 6.73. The molecule has 3 rings (SSSR count). The molecule has 4 nitrogen and oxygen atoms in total. The fourth-order valence-corrected chi connectivity index (χ4v) is 4.66. The Labute approximate surface area is 140 Å². The molecule has 0 saturated carbocycles. The largest absolute Gasteiger partial charge is 0.330 e. The Morgan fingerprint density at radius 2 is 1.75 bits per heavy atom. The van der Waals surface area contributed by atoms with Crippen molar-refractivity contribution < 1.29 is 17.6 Å². The molecule has 0 aromatic heterocycles. The molecule has 1 aliphatic heterocycles. The van der Waals surface area contributed by atoms with Crippen LogP contribution in [0.25, 0.3) is 0 Å². The smallest absolute Gasteiger partial charge is 0.254 e. The maximum atomic E-state index is 13.1.